The SMILES string of the molecule is CS(=O)(=O)N(CC(=O)N/N=C\c1ccco1)c1cc(Cl)cc(Cl)c1. The molecule has 0 atom stereocenters. The van der Waals surface area contributed by atoms with Gasteiger partial charge in [0, 0.05) is 10.0 Å². The highest BCUT2D eigenvalue weighted by Gasteiger charge is 2.21. The number of rotatable bonds is 6. The predicted octanol–water partition coefficient (Wildman–Crippen LogP) is 2.50. The Kier molecular flexibility index (Phi) is 5.87. The van der Waals surface area contributed by atoms with Gasteiger partial charge in [-0.2, -0.15) is 5.10 Å². The molecule has 0 saturated carbocycles. The first-order chi connectivity index (χ1) is 11.3. The first-order valence-electron chi connectivity index (χ1n) is 6.55. The number of benzene rings is 1. The van der Waals surface area contributed by atoms with Crippen molar-refractivity contribution in [3.8, 4) is 0 Å². The maximum Gasteiger partial charge on any atom is 0.260 e. The summed E-state index contributed by atoms with van der Waals surface area (Å²) in [6.07, 6.45) is 3.72. The molecule has 0 saturated heterocycles. The molecule has 0 aliphatic heterocycles. The third kappa shape index (κ3) is 5.26. The summed E-state index contributed by atoms with van der Waals surface area (Å²) in [7, 11) is -3.73. The van der Waals surface area contributed by atoms with Gasteiger partial charge in [-0.25, -0.2) is 13.8 Å². The van der Waals surface area contributed by atoms with E-state index in [4.69, 9.17) is 27.6 Å². The Bertz CT molecular complexity index is 831. The van der Waals surface area contributed by atoms with Gasteiger partial charge in [-0.05, 0) is 30.3 Å². The summed E-state index contributed by atoms with van der Waals surface area (Å²) in [6.45, 7) is -0.481. The molecule has 0 aliphatic rings. The van der Waals surface area contributed by atoms with Gasteiger partial charge in [-0.15, -0.1) is 0 Å². The Balaban J connectivity index is 2.13. The van der Waals surface area contributed by atoms with E-state index < -0.39 is 22.5 Å². The van der Waals surface area contributed by atoms with E-state index in [1.54, 1.807) is 12.1 Å². The third-order valence-corrected chi connectivity index (χ3v) is 4.32. The van der Waals surface area contributed by atoms with Crippen molar-refractivity contribution in [1.29, 1.82) is 0 Å². The Morgan fingerprint density at radius 1 is 1.33 bits per heavy atom. The van der Waals surface area contributed by atoms with E-state index in [-0.39, 0.29) is 15.7 Å². The maximum atomic E-state index is 12.0. The molecule has 1 amide bonds. The number of carbonyl (C=O) groups is 1. The van der Waals surface area contributed by atoms with E-state index >= 15 is 0 Å². The lowest BCUT2D eigenvalue weighted by molar-refractivity contribution is -0.119. The molecule has 1 heterocycles. The number of hydrazone groups is 1. The number of sulfonamides is 1. The molecule has 24 heavy (non-hydrogen) atoms. The Morgan fingerprint density at radius 2 is 2.00 bits per heavy atom. The van der Waals surface area contributed by atoms with Crippen molar-refractivity contribution in [2.45, 2.75) is 0 Å². The summed E-state index contributed by atoms with van der Waals surface area (Å²) in [5.74, 6) is -0.198. The Hall–Kier alpha value is -2.03. The van der Waals surface area contributed by atoms with Gasteiger partial charge in [0.05, 0.1) is 24.4 Å². The summed E-state index contributed by atoms with van der Waals surface area (Å²) in [4.78, 5) is 11.9. The van der Waals surface area contributed by atoms with Crippen LogP contribution in [0.4, 0.5) is 5.69 Å². The van der Waals surface area contributed by atoms with Gasteiger partial charge >= 0.3 is 0 Å². The van der Waals surface area contributed by atoms with Crippen molar-refractivity contribution >= 4 is 51.0 Å². The standard InChI is InChI=1S/C14H13Cl2N3O4S/c1-24(21,22)19(12-6-10(15)5-11(16)7-12)9-14(20)18-17-8-13-3-2-4-23-13/h2-8H,9H2,1H3,(H,18,20)/b17-8-. The molecule has 0 bridgehead atoms. The van der Waals surface area contributed by atoms with E-state index in [2.05, 4.69) is 10.5 Å². The Labute approximate surface area is 148 Å². The van der Waals surface area contributed by atoms with Crippen LogP contribution >= 0.6 is 23.2 Å². The van der Waals surface area contributed by atoms with Gasteiger partial charge in [-0.1, -0.05) is 23.2 Å². The van der Waals surface area contributed by atoms with E-state index in [1.165, 1.54) is 30.7 Å². The van der Waals surface area contributed by atoms with Crippen molar-refractivity contribution in [1.82, 2.24) is 5.43 Å². The molecule has 1 aromatic heterocycles. The van der Waals surface area contributed by atoms with Gasteiger partial charge in [0.25, 0.3) is 5.91 Å². The molecule has 0 aliphatic carbocycles. The number of hydrogen-bond donors (Lipinski definition) is 1. The molecule has 0 radical (unpaired) electrons. The van der Waals surface area contributed by atoms with Crippen LogP contribution in [-0.2, 0) is 14.8 Å². The quantitative estimate of drug-likeness (QED) is 0.606. The minimum absolute atomic E-state index is 0.181. The zero-order valence-electron chi connectivity index (χ0n) is 12.4. The van der Waals surface area contributed by atoms with Crippen LogP contribution in [0.3, 0.4) is 0 Å². The van der Waals surface area contributed by atoms with E-state index in [0.29, 0.717) is 5.76 Å². The topological polar surface area (TPSA) is 92.0 Å². The fraction of sp³-hybridized carbons (Fsp3) is 0.143. The third-order valence-electron chi connectivity index (χ3n) is 2.75. The predicted molar refractivity (Wildman–Crippen MR) is 93.1 cm³/mol. The van der Waals surface area contributed by atoms with Crippen LogP contribution in [0.25, 0.3) is 0 Å². The summed E-state index contributed by atoms with van der Waals surface area (Å²) in [6, 6.07) is 7.56. The summed E-state index contributed by atoms with van der Waals surface area (Å²) in [5.41, 5.74) is 2.40. The normalized spacial score (nSPS) is 11.6. The van der Waals surface area contributed by atoms with Gasteiger partial charge < -0.3 is 4.42 Å². The first kappa shape index (κ1) is 18.3. The molecule has 128 valence electrons. The molecule has 1 aromatic carbocycles. The van der Waals surface area contributed by atoms with Crippen LogP contribution in [-0.4, -0.2) is 33.3 Å². The van der Waals surface area contributed by atoms with Crippen molar-refractivity contribution < 1.29 is 17.6 Å². The van der Waals surface area contributed by atoms with Crippen molar-refractivity contribution in [3.63, 3.8) is 0 Å². The molecule has 1 N–H and O–H groups in total. The fourth-order valence-corrected chi connectivity index (χ4v) is 3.14. The van der Waals surface area contributed by atoms with E-state index in [9.17, 15) is 13.2 Å². The molecular formula is C14H13Cl2N3O4S. The minimum Gasteiger partial charge on any atom is -0.463 e. The molecule has 2 aromatic rings. The number of hydrogen-bond acceptors (Lipinski definition) is 5. The minimum atomic E-state index is -3.73. The second-order valence-electron chi connectivity index (χ2n) is 4.71. The molecule has 0 spiro atoms. The van der Waals surface area contributed by atoms with E-state index in [0.717, 1.165) is 10.6 Å². The zero-order chi connectivity index (χ0) is 17.7. The summed E-state index contributed by atoms with van der Waals surface area (Å²) >= 11 is 11.8. The highest BCUT2D eigenvalue weighted by atomic mass is 35.5. The smallest absolute Gasteiger partial charge is 0.260 e. The monoisotopic (exact) mass is 389 g/mol. The second kappa shape index (κ2) is 7.69. The summed E-state index contributed by atoms with van der Waals surface area (Å²) in [5, 5.41) is 4.19. The van der Waals surface area contributed by atoms with Crippen LogP contribution in [0, 0.1) is 0 Å². The molecule has 0 fully saturated rings. The first-order valence-corrected chi connectivity index (χ1v) is 9.15. The van der Waals surface area contributed by atoms with E-state index in [1.807, 2.05) is 0 Å². The van der Waals surface area contributed by atoms with Gasteiger partial charge in [0.15, 0.2) is 0 Å². The number of amides is 1. The number of halogens is 2. The highest BCUT2D eigenvalue weighted by molar-refractivity contribution is 7.92. The van der Waals surface area contributed by atoms with Crippen molar-refractivity contribution in [2.75, 3.05) is 17.1 Å². The van der Waals surface area contributed by atoms with Gasteiger partial charge in [-0.3, -0.25) is 9.10 Å². The van der Waals surface area contributed by atoms with Crippen LogP contribution in [0.2, 0.25) is 10.0 Å². The number of carbonyl (C=O) groups excluding carboxylic acids is 1. The molecule has 2 rings (SSSR count). The second-order valence-corrected chi connectivity index (χ2v) is 7.49. The Morgan fingerprint density at radius 3 is 2.54 bits per heavy atom. The van der Waals surface area contributed by atoms with Crippen molar-refractivity contribution in [2.24, 2.45) is 5.10 Å². The van der Waals surface area contributed by atoms with Gasteiger partial charge in [0.2, 0.25) is 10.0 Å². The molecular weight excluding hydrogens is 377 g/mol. The highest BCUT2D eigenvalue weighted by Crippen LogP contribution is 2.26. The number of furan rings is 1. The number of nitrogens with one attached hydrogen (secondary N) is 1. The lowest BCUT2D eigenvalue weighted by Crippen LogP contribution is -2.39. The largest absolute Gasteiger partial charge is 0.463 e. The van der Waals surface area contributed by atoms with Crippen molar-refractivity contribution in [3.05, 3.63) is 52.4 Å². The summed E-state index contributed by atoms with van der Waals surface area (Å²) < 4.78 is 29.8. The number of anilines is 1. The van der Waals surface area contributed by atoms with Crippen LogP contribution in [0.1, 0.15) is 5.76 Å². The molecule has 7 nitrogen and oxygen atoms in total. The number of nitrogens with zero attached hydrogens (tertiary/aromatic N) is 2. The average Bonchev–Trinajstić information content (AvgIpc) is 2.95. The molecule has 10 heteroatoms. The van der Waals surface area contributed by atoms with Crippen LogP contribution < -0.4 is 9.73 Å². The lowest BCUT2D eigenvalue weighted by atomic mass is 10.3. The van der Waals surface area contributed by atoms with Crippen LogP contribution in [0.15, 0.2) is 46.1 Å². The molecule has 0 unspecified atom stereocenters. The average molecular weight is 390 g/mol. The van der Waals surface area contributed by atoms with Crippen LogP contribution in [0.5, 0.6) is 0 Å². The lowest BCUT2D eigenvalue weighted by Gasteiger charge is -2.21. The maximum absolute atomic E-state index is 12.0. The van der Waals surface area contributed by atoms with Gasteiger partial charge in [0.1, 0.15) is 12.3 Å². The zero-order valence-corrected chi connectivity index (χ0v) is 14.8. The fourth-order valence-electron chi connectivity index (χ4n) is 1.78.